The van der Waals surface area contributed by atoms with Crippen LogP contribution in [0.3, 0.4) is 0 Å². The number of ether oxygens (including phenoxy) is 1. The van der Waals surface area contributed by atoms with Crippen LogP contribution in [0, 0.1) is 5.41 Å². The number of rotatable bonds is 7. The zero-order valence-corrected chi connectivity index (χ0v) is 24.4. The zero-order chi connectivity index (χ0) is 27.8. The van der Waals surface area contributed by atoms with Crippen LogP contribution < -0.4 is 16.0 Å². The topological polar surface area (TPSA) is 82.7 Å². The van der Waals surface area contributed by atoms with Crippen molar-refractivity contribution in [2.75, 3.05) is 44.7 Å². The number of anilines is 1. The van der Waals surface area contributed by atoms with E-state index in [4.69, 9.17) is 27.9 Å². The predicted molar refractivity (Wildman–Crippen MR) is 156 cm³/mol. The molecule has 2 aromatic carbocycles. The molecule has 0 aliphatic carbocycles. The number of hydrogen-bond acceptors (Lipinski definition) is 5. The highest BCUT2D eigenvalue weighted by Crippen LogP contribution is 2.56. The Balaban J connectivity index is 1.50. The summed E-state index contributed by atoms with van der Waals surface area (Å²) in [6, 6.07) is 12.2. The lowest BCUT2D eigenvalue weighted by Crippen LogP contribution is -2.49. The van der Waals surface area contributed by atoms with Crippen LogP contribution in [0.4, 0.5) is 5.69 Å². The van der Waals surface area contributed by atoms with Crippen molar-refractivity contribution in [1.82, 2.24) is 15.5 Å². The van der Waals surface area contributed by atoms with Crippen LogP contribution >= 0.6 is 23.2 Å². The summed E-state index contributed by atoms with van der Waals surface area (Å²) in [7, 11) is 0. The summed E-state index contributed by atoms with van der Waals surface area (Å²) in [6.07, 6.45) is 1.54. The minimum Gasteiger partial charge on any atom is -0.379 e. The molecule has 3 heterocycles. The van der Waals surface area contributed by atoms with Crippen molar-refractivity contribution >= 4 is 40.7 Å². The minimum absolute atomic E-state index is 0.0947. The third kappa shape index (κ3) is 5.70. The van der Waals surface area contributed by atoms with E-state index in [9.17, 15) is 9.59 Å². The Morgan fingerprint density at radius 2 is 1.87 bits per heavy atom. The second-order valence-corrected chi connectivity index (χ2v) is 13.0. The summed E-state index contributed by atoms with van der Waals surface area (Å²) in [4.78, 5) is 30.4. The van der Waals surface area contributed by atoms with Gasteiger partial charge >= 0.3 is 0 Å². The lowest BCUT2D eigenvalue weighted by Gasteiger charge is -2.37. The molecule has 5 rings (SSSR count). The van der Waals surface area contributed by atoms with Crippen LogP contribution in [-0.2, 0) is 19.7 Å². The second kappa shape index (κ2) is 11.4. The van der Waals surface area contributed by atoms with Gasteiger partial charge in [-0.3, -0.25) is 14.5 Å². The molecule has 9 heteroatoms. The Morgan fingerprint density at radius 1 is 1.13 bits per heavy atom. The number of hydrogen-bond donors (Lipinski definition) is 3. The van der Waals surface area contributed by atoms with Crippen molar-refractivity contribution in [3.8, 4) is 0 Å². The maximum atomic E-state index is 14.2. The Hall–Kier alpha value is -2.16. The fourth-order valence-corrected chi connectivity index (χ4v) is 6.94. The summed E-state index contributed by atoms with van der Waals surface area (Å²) in [5.74, 6) is -0.688. The van der Waals surface area contributed by atoms with Gasteiger partial charge in [0.2, 0.25) is 11.8 Å². The van der Waals surface area contributed by atoms with Crippen molar-refractivity contribution in [2.24, 2.45) is 5.41 Å². The van der Waals surface area contributed by atoms with Gasteiger partial charge in [0.05, 0.1) is 19.3 Å². The molecule has 4 atom stereocenters. The summed E-state index contributed by atoms with van der Waals surface area (Å²) in [5.41, 5.74) is 1.33. The molecule has 3 aliphatic rings. The van der Waals surface area contributed by atoms with Gasteiger partial charge in [0, 0.05) is 47.3 Å². The fraction of sp³-hybridized carbons (Fsp3) is 0.533. The number of amides is 2. The summed E-state index contributed by atoms with van der Waals surface area (Å²) < 4.78 is 5.44. The van der Waals surface area contributed by atoms with Gasteiger partial charge < -0.3 is 20.7 Å². The maximum absolute atomic E-state index is 14.2. The van der Waals surface area contributed by atoms with Gasteiger partial charge in [-0.25, -0.2) is 0 Å². The maximum Gasteiger partial charge on any atom is 0.237 e. The first-order valence-corrected chi connectivity index (χ1v) is 14.6. The number of benzene rings is 2. The first-order chi connectivity index (χ1) is 18.6. The van der Waals surface area contributed by atoms with Crippen molar-refractivity contribution in [3.05, 3.63) is 63.6 Å². The molecule has 3 N–H and O–H groups in total. The molecule has 1 spiro atoms. The highest BCUT2D eigenvalue weighted by Gasteiger charge is 2.65. The monoisotopic (exact) mass is 572 g/mol. The molecule has 2 saturated heterocycles. The highest BCUT2D eigenvalue weighted by atomic mass is 35.5. The van der Waals surface area contributed by atoms with Crippen LogP contribution in [0.5, 0.6) is 0 Å². The summed E-state index contributed by atoms with van der Waals surface area (Å²) >= 11 is 12.8. The van der Waals surface area contributed by atoms with E-state index in [2.05, 4.69) is 41.6 Å². The van der Waals surface area contributed by atoms with E-state index in [1.54, 1.807) is 6.07 Å². The minimum atomic E-state index is -1.01. The molecular weight excluding hydrogens is 535 g/mol. The number of carbonyl (C=O) groups excluding carboxylic acids is 2. The first-order valence-electron chi connectivity index (χ1n) is 13.8. The number of nitrogens with zero attached hydrogens (tertiary/aromatic N) is 1. The average Bonchev–Trinajstić information content (AvgIpc) is 3.36. The number of halogens is 2. The van der Waals surface area contributed by atoms with Gasteiger partial charge in [0.15, 0.2) is 0 Å². The SMILES string of the molecule is CC(C)(C)C[C@H]1N[C@@H](C(=O)NCCCN2CCOCC2)[C@H](c2cccc(Cl)c2)[C@@]12C(=O)Nc1cc(Cl)ccc12. The van der Waals surface area contributed by atoms with Crippen molar-refractivity contribution in [3.63, 3.8) is 0 Å². The molecule has 3 aliphatic heterocycles. The van der Waals surface area contributed by atoms with Crippen LogP contribution in [0.25, 0.3) is 0 Å². The van der Waals surface area contributed by atoms with Gasteiger partial charge in [-0.2, -0.15) is 0 Å². The van der Waals surface area contributed by atoms with Crippen LogP contribution in [0.2, 0.25) is 10.0 Å². The number of nitrogens with one attached hydrogen (secondary N) is 3. The van der Waals surface area contributed by atoms with Gasteiger partial charge in [0.25, 0.3) is 0 Å². The molecule has 0 radical (unpaired) electrons. The second-order valence-electron chi connectivity index (χ2n) is 12.1. The summed E-state index contributed by atoms with van der Waals surface area (Å²) in [5, 5.41) is 11.0. The summed E-state index contributed by atoms with van der Waals surface area (Å²) in [6.45, 7) is 11.3. The van der Waals surface area contributed by atoms with E-state index in [0.717, 1.165) is 50.4 Å². The van der Waals surface area contributed by atoms with E-state index >= 15 is 0 Å². The van der Waals surface area contributed by atoms with E-state index in [-0.39, 0.29) is 23.3 Å². The van der Waals surface area contributed by atoms with Crippen molar-refractivity contribution < 1.29 is 14.3 Å². The molecule has 2 amide bonds. The van der Waals surface area contributed by atoms with E-state index in [0.29, 0.717) is 28.7 Å². The molecule has 2 fully saturated rings. The Bertz CT molecular complexity index is 1230. The van der Waals surface area contributed by atoms with E-state index in [1.165, 1.54) is 0 Å². The molecule has 7 nitrogen and oxygen atoms in total. The molecule has 210 valence electrons. The standard InChI is InChI=1S/C30H38Cl2N4O3/c1-29(2,3)18-24-30(22-9-8-21(32)17-23(22)34-28(30)38)25(19-6-4-7-20(31)16-19)26(35-24)27(37)33-10-5-11-36-12-14-39-15-13-36/h4,6-9,16-17,24-26,35H,5,10-15,18H2,1-3H3,(H,33,37)(H,34,38)/t24-,25+,26-,30+/m1/s1. The molecule has 0 aromatic heterocycles. The normalized spacial score (nSPS) is 27.0. The predicted octanol–water partition coefficient (Wildman–Crippen LogP) is 4.58. The Morgan fingerprint density at radius 3 is 2.59 bits per heavy atom. The lowest BCUT2D eigenvalue weighted by atomic mass is 9.62. The lowest BCUT2D eigenvalue weighted by molar-refractivity contribution is -0.123. The van der Waals surface area contributed by atoms with Gasteiger partial charge in [-0.05, 0) is 60.2 Å². The Labute approximate surface area is 240 Å². The van der Waals surface area contributed by atoms with Crippen molar-refractivity contribution in [1.29, 1.82) is 0 Å². The Kier molecular flexibility index (Phi) is 8.28. The van der Waals surface area contributed by atoms with Gasteiger partial charge in [0.1, 0.15) is 5.41 Å². The van der Waals surface area contributed by atoms with Crippen LogP contribution in [-0.4, -0.2) is 68.2 Å². The molecule has 0 bridgehead atoms. The first kappa shape index (κ1) is 28.4. The van der Waals surface area contributed by atoms with Gasteiger partial charge in [-0.15, -0.1) is 0 Å². The molecular formula is C30H38Cl2N4O3. The fourth-order valence-electron chi connectivity index (χ4n) is 6.57. The quantitative estimate of drug-likeness (QED) is 0.423. The number of fused-ring (bicyclic) bond motifs is 2. The van der Waals surface area contributed by atoms with E-state index in [1.807, 2.05) is 36.4 Å². The molecule has 39 heavy (non-hydrogen) atoms. The zero-order valence-electron chi connectivity index (χ0n) is 22.9. The van der Waals surface area contributed by atoms with E-state index < -0.39 is 17.4 Å². The molecule has 2 aromatic rings. The molecule has 0 unspecified atom stereocenters. The number of morpholine rings is 1. The largest absolute Gasteiger partial charge is 0.379 e. The van der Waals surface area contributed by atoms with Crippen molar-refractivity contribution in [2.45, 2.75) is 57.0 Å². The highest BCUT2D eigenvalue weighted by molar-refractivity contribution is 6.31. The third-order valence-electron chi connectivity index (χ3n) is 8.17. The molecule has 0 saturated carbocycles. The number of carbonyl (C=O) groups is 2. The smallest absolute Gasteiger partial charge is 0.237 e. The van der Waals surface area contributed by atoms with Gasteiger partial charge in [-0.1, -0.05) is 62.2 Å². The van der Waals surface area contributed by atoms with Crippen LogP contribution in [0.15, 0.2) is 42.5 Å². The third-order valence-corrected chi connectivity index (χ3v) is 8.64. The average molecular weight is 574 g/mol. The van der Waals surface area contributed by atoms with Crippen LogP contribution in [0.1, 0.15) is 50.7 Å².